The average molecular weight is 250 g/mol. The molecule has 4 nitrogen and oxygen atoms in total. The van der Waals surface area contributed by atoms with Crippen LogP contribution in [0.4, 0.5) is 0 Å². The number of amides is 1. The van der Waals surface area contributed by atoms with Crippen molar-refractivity contribution in [2.45, 2.75) is 38.7 Å². The number of rotatable bonds is 3. The third-order valence-electron chi connectivity index (χ3n) is 3.52. The van der Waals surface area contributed by atoms with Gasteiger partial charge >= 0.3 is 0 Å². The van der Waals surface area contributed by atoms with Gasteiger partial charge in [0, 0.05) is 19.3 Å². The fourth-order valence-electron chi connectivity index (χ4n) is 2.68. The maximum atomic E-state index is 12.1. The molecule has 1 aliphatic rings. The standard InChI is InChI=1S/C14H22N2O2/c1-14(2,18)10-11-5-8-16(9-6-11)13(17)12-4-3-7-15-12/h3-4,7,11,15,18H,5-6,8-10H2,1-2H3. The molecule has 0 aromatic carbocycles. The fraction of sp³-hybridized carbons (Fsp3) is 0.643. The largest absolute Gasteiger partial charge is 0.390 e. The first kappa shape index (κ1) is 13.1. The van der Waals surface area contributed by atoms with Crippen molar-refractivity contribution in [3.63, 3.8) is 0 Å². The van der Waals surface area contributed by atoms with Crippen LogP contribution in [0.25, 0.3) is 0 Å². The third-order valence-corrected chi connectivity index (χ3v) is 3.52. The van der Waals surface area contributed by atoms with E-state index in [1.807, 2.05) is 30.9 Å². The molecule has 2 heterocycles. The van der Waals surface area contributed by atoms with E-state index in [4.69, 9.17) is 0 Å². The monoisotopic (exact) mass is 250 g/mol. The zero-order valence-electron chi connectivity index (χ0n) is 11.1. The summed E-state index contributed by atoms with van der Waals surface area (Å²) in [6.07, 6.45) is 4.55. The summed E-state index contributed by atoms with van der Waals surface area (Å²) < 4.78 is 0. The molecule has 0 saturated carbocycles. The van der Waals surface area contributed by atoms with Gasteiger partial charge in [0.15, 0.2) is 0 Å². The Morgan fingerprint density at radius 1 is 1.50 bits per heavy atom. The Morgan fingerprint density at radius 2 is 2.17 bits per heavy atom. The van der Waals surface area contributed by atoms with Crippen LogP contribution in [0.5, 0.6) is 0 Å². The van der Waals surface area contributed by atoms with Crippen molar-refractivity contribution in [3.05, 3.63) is 24.0 Å². The molecule has 1 aliphatic heterocycles. The molecule has 2 rings (SSSR count). The molecule has 1 fully saturated rings. The lowest BCUT2D eigenvalue weighted by Crippen LogP contribution is -2.40. The normalized spacial score (nSPS) is 18.1. The van der Waals surface area contributed by atoms with Crippen LogP contribution >= 0.6 is 0 Å². The summed E-state index contributed by atoms with van der Waals surface area (Å²) in [5.74, 6) is 0.611. The summed E-state index contributed by atoms with van der Waals surface area (Å²) in [4.78, 5) is 16.9. The Balaban J connectivity index is 1.85. The molecule has 1 aromatic heterocycles. The van der Waals surface area contributed by atoms with Gasteiger partial charge in [-0.2, -0.15) is 0 Å². The second-order valence-electron chi connectivity index (χ2n) is 5.84. The quantitative estimate of drug-likeness (QED) is 0.862. The summed E-state index contributed by atoms with van der Waals surface area (Å²) in [6.45, 7) is 5.28. The smallest absolute Gasteiger partial charge is 0.270 e. The first-order chi connectivity index (χ1) is 8.46. The number of aromatic amines is 1. The number of carbonyl (C=O) groups excluding carboxylic acids is 1. The highest BCUT2D eigenvalue weighted by Crippen LogP contribution is 2.26. The van der Waals surface area contributed by atoms with E-state index in [1.165, 1.54) is 0 Å². The zero-order chi connectivity index (χ0) is 13.2. The Bertz CT molecular complexity index is 384. The average Bonchev–Trinajstić information content (AvgIpc) is 2.80. The van der Waals surface area contributed by atoms with Gasteiger partial charge in [-0.3, -0.25) is 4.79 Å². The van der Waals surface area contributed by atoms with Gasteiger partial charge in [0.1, 0.15) is 5.69 Å². The molecule has 18 heavy (non-hydrogen) atoms. The molecule has 1 amide bonds. The molecule has 100 valence electrons. The second-order valence-corrected chi connectivity index (χ2v) is 5.84. The van der Waals surface area contributed by atoms with Crippen LogP contribution in [0.15, 0.2) is 18.3 Å². The van der Waals surface area contributed by atoms with Crippen LogP contribution in [0.3, 0.4) is 0 Å². The highest BCUT2D eigenvalue weighted by atomic mass is 16.3. The van der Waals surface area contributed by atoms with Crippen LogP contribution in [0, 0.1) is 5.92 Å². The number of nitrogens with zero attached hydrogens (tertiary/aromatic N) is 1. The summed E-state index contributed by atoms with van der Waals surface area (Å²) in [7, 11) is 0. The molecule has 0 radical (unpaired) electrons. The van der Waals surface area contributed by atoms with Gasteiger partial charge in [-0.05, 0) is 51.2 Å². The van der Waals surface area contributed by atoms with Gasteiger partial charge in [0.25, 0.3) is 5.91 Å². The van der Waals surface area contributed by atoms with E-state index >= 15 is 0 Å². The van der Waals surface area contributed by atoms with Gasteiger partial charge in [-0.15, -0.1) is 0 Å². The van der Waals surface area contributed by atoms with Crippen LogP contribution in [0.2, 0.25) is 0 Å². The maximum absolute atomic E-state index is 12.1. The van der Waals surface area contributed by atoms with Crippen molar-refractivity contribution in [1.82, 2.24) is 9.88 Å². The Kier molecular flexibility index (Phi) is 3.76. The van der Waals surface area contributed by atoms with Crippen LogP contribution in [-0.4, -0.2) is 39.6 Å². The van der Waals surface area contributed by atoms with Gasteiger partial charge in [0.05, 0.1) is 5.60 Å². The van der Waals surface area contributed by atoms with Crippen LogP contribution in [0.1, 0.15) is 43.6 Å². The number of aromatic nitrogens is 1. The minimum atomic E-state index is -0.601. The van der Waals surface area contributed by atoms with Crippen molar-refractivity contribution >= 4 is 5.91 Å². The van der Waals surface area contributed by atoms with Gasteiger partial charge in [0.2, 0.25) is 0 Å². The van der Waals surface area contributed by atoms with Crippen molar-refractivity contribution < 1.29 is 9.90 Å². The Hall–Kier alpha value is -1.29. The molecule has 2 N–H and O–H groups in total. The van der Waals surface area contributed by atoms with E-state index in [0.29, 0.717) is 11.6 Å². The number of hydrogen-bond acceptors (Lipinski definition) is 2. The minimum absolute atomic E-state index is 0.0849. The first-order valence-electron chi connectivity index (χ1n) is 6.61. The predicted octanol–water partition coefficient (Wildman–Crippen LogP) is 2.03. The van der Waals surface area contributed by atoms with Crippen molar-refractivity contribution in [2.24, 2.45) is 5.92 Å². The second kappa shape index (κ2) is 5.14. The van der Waals surface area contributed by atoms with E-state index in [0.717, 1.165) is 32.4 Å². The summed E-state index contributed by atoms with van der Waals surface area (Å²) in [5, 5.41) is 9.81. The Morgan fingerprint density at radius 3 is 2.67 bits per heavy atom. The van der Waals surface area contributed by atoms with Gasteiger partial charge < -0.3 is 15.0 Å². The number of H-pyrrole nitrogens is 1. The van der Waals surface area contributed by atoms with Crippen molar-refractivity contribution in [2.75, 3.05) is 13.1 Å². The number of nitrogens with one attached hydrogen (secondary N) is 1. The summed E-state index contributed by atoms with van der Waals surface area (Å²) in [6, 6.07) is 3.65. The molecular weight excluding hydrogens is 228 g/mol. The zero-order valence-corrected chi connectivity index (χ0v) is 11.1. The molecule has 0 spiro atoms. The van der Waals surface area contributed by atoms with E-state index < -0.39 is 5.60 Å². The molecule has 4 heteroatoms. The predicted molar refractivity (Wildman–Crippen MR) is 70.3 cm³/mol. The van der Waals surface area contributed by atoms with E-state index in [2.05, 4.69) is 4.98 Å². The van der Waals surface area contributed by atoms with Crippen LogP contribution < -0.4 is 0 Å². The molecule has 0 aliphatic carbocycles. The molecule has 0 bridgehead atoms. The van der Waals surface area contributed by atoms with E-state index in [-0.39, 0.29) is 5.91 Å². The van der Waals surface area contributed by atoms with Crippen molar-refractivity contribution in [3.8, 4) is 0 Å². The fourth-order valence-corrected chi connectivity index (χ4v) is 2.68. The number of carbonyl (C=O) groups is 1. The van der Waals surface area contributed by atoms with Crippen molar-refractivity contribution in [1.29, 1.82) is 0 Å². The molecule has 0 unspecified atom stereocenters. The first-order valence-corrected chi connectivity index (χ1v) is 6.61. The Labute approximate surface area is 108 Å². The lowest BCUT2D eigenvalue weighted by Gasteiger charge is -2.34. The summed E-state index contributed by atoms with van der Waals surface area (Å²) >= 11 is 0. The molecule has 1 aromatic rings. The highest BCUT2D eigenvalue weighted by molar-refractivity contribution is 5.92. The number of piperidine rings is 1. The third kappa shape index (κ3) is 3.35. The molecule has 0 atom stereocenters. The highest BCUT2D eigenvalue weighted by Gasteiger charge is 2.27. The lowest BCUT2D eigenvalue weighted by molar-refractivity contribution is 0.0357. The van der Waals surface area contributed by atoms with Crippen LogP contribution in [-0.2, 0) is 0 Å². The number of likely N-dealkylation sites (tertiary alicyclic amines) is 1. The lowest BCUT2D eigenvalue weighted by atomic mass is 9.86. The minimum Gasteiger partial charge on any atom is -0.390 e. The number of hydrogen-bond donors (Lipinski definition) is 2. The van der Waals surface area contributed by atoms with Gasteiger partial charge in [-0.1, -0.05) is 0 Å². The maximum Gasteiger partial charge on any atom is 0.270 e. The number of aliphatic hydroxyl groups is 1. The SMILES string of the molecule is CC(C)(O)CC1CCN(C(=O)c2ccc[nH]2)CC1. The van der Waals surface area contributed by atoms with Gasteiger partial charge in [-0.25, -0.2) is 0 Å². The topological polar surface area (TPSA) is 56.3 Å². The molecular formula is C14H22N2O2. The molecule has 1 saturated heterocycles. The summed E-state index contributed by atoms with van der Waals surface area (Å²) in [5.41, 5.74) is 0.0620. The van der Waals surface area contributed by atoms with E-state index in [9.17, 15) is 9.90 Å². The van der Waals surface area contributed by atoms with E-state index in [1.54, 1.807) is 6.20 Å².